The first-order chi connectivity index (χ1) is 9.06. The third-order valence-corrected chi connectivity index (χ3v) is 4.16. The molecule has 0 radical (unpaired) electrons. The zero-order chi connectivity index (χ0) is 13.8. The molecule has 1 nitrogen and oxygen atoms in total. The Morgan fingerprint density at radius 2 is 1.95 bits per heavy atom. The van der Waals surface area contributed by atoms with Crippen LogP contribution in [0.25, 0.3) is 0 Å². The maximum absolute atomic E-state index is 13.6. The molecule has 0 saturated carbocycles. The van der Waals surface area contributed by atoms with Crippen LogP contribution in [0, 0.1) is 5.82 Å². The van der Waals surface area contributed by atoms with E-state index in [0.29, 0.717) is 9.92 Å². The van der Waals surface area contributed by atoms with Gasteiger partial charge in [-0.15, -0.1) is 0 Å². The van der Waals surface area contributed by atoms with Crippen LogP contribution in [0.4, 0.5) is 4.39 Å². The van der Waals surface area contributed by atoms with E-state index >= 15 is 0 Å². The van der Waals surface area contributed by atoms with Crippen molar-refractivity contribution in [2.45, 2.75) is 29.2 Å². The summed E-state index contributed by atoms with van der Waals surface area (Å²) in [6, 6.07) is 12.6. The fraction of sp³-hybridized carbons (Fsp3) is 0.200. The summed E-state index contributed by atoms with van der Waals surface area (Å²) < 4.78 is 13.6. The fourth-order valence-corrected chi connectivity index (χ4v) is 2.93. The van der Waals surface area contributed by atoms with Gasteiger partial charge in [0.05, 0.1) is 5.02 Å². The van der Waals surface area contributed by atoms with E-state index in [1.807, 2.05) is 31.2 Å². The molecule has 1 unspecified atom stereocenters. The highest BCUT2D eigenvalue weighted by molar-refractivity contribution is 7.99. The average molecular weight is 296 g/mol. The highest BCUT2D eigenvalue weighted by Crippen LogP contribution is 2.35. The lowest BCUT2D eigenvalue weighted by molar-refractivity contribution is 0.602. The van der Waals surface area contributed by atoms with Crippen LogP contribution < -0.4 is 5.73 Å². The predicted octanol–water partition coefficient (Wildman–Crippen LogP) is 4.52. The highest BCUT2D eigenvalue weighted by Gasteiger charge is 2.08. The number of hydrogen-bond donors (Lipinski definition) is 1. The van der Waals surface area contributed by atoms with Crippen molar-refractivity contribution < 1.29 is 4.39 Å². The minimum absolute atomic E-state index is 0.0983. The van der Waals surface area contributed by atoms with Gasteiger partial charge < -0.3 is 5.73 Å². The smallest absolute Gasteiger partial charge is 0.137 e. The maximum atomic E-state index is 13.6. The minimum Gasteiger partial charge on any atom is -0.328 e. The number of halogens is 2. The van der Waals surface area contributed by atoms with E-state index < -0.39 is 0 Å². The Morgan fingerprint density at radius 1 is 1.21 bits per heavy atom. The van der Waals surface area contributed by atoms with Gasteiger partial charge in [0.25, 0.3) is 0 Å². The van der Waals surface area contributed by atoms with E-state index in [1.165, 1.54) is 17.8 Å². The Kier molecular flexibility index (Phi) is 4.86. The summed E-state index contributed by atoms with van der Waals surface area (Å²) in [6.07, 6.45) is 0.782. The van der Waals surface area contributed by atoms with Gasteiger partial charge in [0, 0.05) is 15.8 Å². The van der Waals surface area contributed by atoms with E-state index in [1.54, 1.807) is 12.1 Å². The number of nitrogens with two attached hydrogens (primary N) is 1. The molecule has 2 aromatic rings. The summed E-state index contributed by atoms with van der Waals surface area (Å²) in [5.41, 5.74) is 6.85. The molecule has 0 aliphatic heterocycles. The lowest BCUT2D eigenvalue weighted by Gasteiger charge is -2.09. The Hall–Kier alpha value is -1.03. The Bertz CT molecular complexity index is 572. The van der Waals surface area contributed by atoms with Gasteiger partial charge in [0.2, 0.25) is 0 Å². The lowest BCUT2D eigenvalue weighted by atomic mass is 10.1. The largest absolute Gasteiger partial charge is 0.328 e. The van der Waals surface area contributed by atoms with Gasteiger partial charge in [-0.1, -0.05) is 41.6 Å². The molecular weight excluding hydrogens is 281 g/mol. The molecule has 0 aliphatic rings. The van der Waals surface area contributed by atoms with Gasteiger partial charge >= 0.3 is 0 Å². The normalized spacial score (nSPS) is 12.4. The molecule has 19 heavy (non-hydrogen) atoms. The Labute approximate surface area is 122 Å². The molecule has 0 heterocycles. The van der Waals surface area contributed by atoms with Crippen molar-refractivity contribution in [2.24, 2.45) is 5.73 Å². The molecule has 100 valence electrons. The molecule has 0 amide bonds. The zero-order valence-corrected chi connectivity index (χ0v) is 12.1. The maximum Gasteiger partial charge on any atom is 0.137 e. The molecule has 4 heteroatoms. The van der Waals surface area contributed by atoms with E-state index in [4.69, 9.17) is 17.3 Å². The van der Waals surface area contributed by atoms with E-state index in [0.717, 1.165) is 16.9 Å². The molecule has 0 bridgehead atoms. The zero-order valence-electron chi connectivity index (χ0n) is 10.6. The van der Waals surface area contributed by atoms with Gasteiger partial charge in [-0.2, -0.15) is 0 Å². The number of benzene rings is 2. The van der Waals surface area contributed by atoms with Crippen LogP contribution in [0.1, 0.15) is 12.5 Å². The van der Waals surface area contributed by atoms with Crippen LogP contribution in [0.5, 0.6) is 0 Å². The number of rotatable bonds is 4. The first kappa shape index (κ1) is 14.4. The second-order valence-corrected chi connectivity index (χ2v) is 5.97. The van der Waals surface area contributed by atoms with Gasteiger partial charge in [-0.05, 0) is 43.2 Å². The molecular formula is C15H15ClFNS. The second kappa shape index (κ2) is 6.42. The van der Waals surface area contributed by atoms with Crippen LogP contribution in [0.2, 0.25) is 5.02 Å². The lowest BCUT2D eigenvalue weighted by Crippen LogP contribution is -2.17. The summed E-state index contributed by atoms with van der Waals surface area (Å²) in [5, 5.41) is 0.631. The van der Waals surface area contributed by atoms with Crippen LogP contribution >= 0.6 is 23.4 Å². The average Bonchev–Trinajstić information content (AvgIpc) is 2.34. The van der Waals surface area contributed by atoms with Crippen molar-refractivity contribution in [3.8, 4) is 0 Å². The highest BCUT2D eigenvalue weighted by atomic mass is 35.5. The van der Waals surface area contributed by atoms with Crippen molar-refractivity contribution >= 4 is 23.4 Å². The van der Waals surface area contributed by atoms with Crippen molar-refractivity contribution in [1.82, 2.24) is 0 Å². The van der Waals surface area contributed by atoms with Crippen LogP contribution in [0.3, 0.4) is 0 Å². The van der Waals surface area contributed by atoms with Crippen molar-refractivity contribution in [1.29, 1.82) is 0 Å². The molecule has 0 aliphatic carbocycles. The van der Waals surface area contributed by atoms with Gasteiger partial charge in [0.15, 0.2) is 0 Å². The van der Waals surface area contributed by atoms with Crippen LogP contribution in [-0.4, -0.2) is 6.04 Å². The second-order valence-electron chi connectivity index (χ2n) is 4.48. The number of hydrogen-bond acceptors (Lipinski definition) is 2. The SMILES string of the molecule is CC(N)Cc1ccc(Sc2ccccc2F)c(Cl)c1. The molecule has 2 rings (SSSR count). The van der Waals surface area contributed by atoms with Crippen LogP contribution in [0.15, 0.2) is 52.3 Å². The predicted molar refractivity (Wildman–Crippen MR) is 79.3 cm³/mol. The third kappa shape index (κ3) is 3.96. The summed E-state index contributed by atoms with van der Waals surface area (Å²) in [7, 11) is 0. The summed E-state index contributed by atoms with van der Waals surface area (Å²) >= 11 is 7.56. The molecule has 0 fully saturated rings. The molecule has 2 N–H and O–H groups in total. The van der Waals surface area contributed by atoms with Crippen molar-refractivity contribution in [3.05, 3.63) is 58.9 Å². The first-order valence-electron chi connectivity index (χ1n) is 6.02. The van der Waals surface area contributed by atoms with Crippen LogP contribution in [-0.2, 0) is 6.42 Å². The molecule has 0 aromatic heterocycles. The molecule has 0 spiro atoms. The van der Waals surface area contributed by atoms with Gasteiger partial charge in [-0.25, -0.2) is 4.39 Å². The fourth-order valence-electron chi connectivity index (χ4n) is 1.77. The Balaban J connectivity index is 2.20. The van der Waals surface area contributed by atoms with E-state index in [9.17, 15) is 4.39 Å². The van der Waals surface area contributed by atoms with E-state index in [-0.39, 0.29) is 11.9 Å². The summed E-state index contributed by atoms with van der Waals surface area (Å²) in [4.78, 5) is 1.42. The quantitative estimate of drug-likeness (QED) is 0.897. The van der Waals surface area contributed by atoms with Crippen molar-refractivity contribution in [2.75, 3.05) is 0 Å². The molecule has 0 saturated heterocycles. The molecule has 1 atom stereocenters. The molecule has 2 aromatic carbocycles. The van der Waals surface area contributed by atoms with Crippen molar-refractivity contribution in [3.63, 3.8) is 0 Å². The van der Waals surface area contributed by atoms with E-state index in [2.05, 4.69) is 0 Å². The monoisotopic (exact) mass is 295 g/mol. The van der Waals surface area contributed by atoms with Gasteiger partial charge in [-0.3, -0.25) is 0 Å². The van der Waals surface area contributed by atoms with Gasteiger partial charge in [0.1, 0.15) is 5.82 Å². The standard InChI is InChI=1S/C15H15ClFNS/c1-10(18)8-11-6-7-14(12(16)9-11)19-15-5-3-2-4-13(15)17/h2-7,9-10H,8,18H2,1H3. The third-order valence-electron chi connectivity index (χ3n) is 2.61. The minimum atomic E-state index is -0.233. The topological polar surface area (TPSA) is 26.0 Å². The first-order valence-corrected chi connectivity index (χ1v) is 7.22. The summed E-state index contributed by atoms with van der Waals surface area (Å²) in [6.45, 7) is 1.95. The summed E-state index contributed by atoms with van der Waals surface area (Å²) in [5.74, 6) is -0.233. The Morgan fingerprint density at radius 3 is 2.58 bits per heavy atom.